The summed E-state index contributed by atoms with van der Waals surface area (Å²) in [5, 5.41) is 0. The van der Waals surface area contributed by atoms with Crippen molar-refractivity contribution in [3.8, 4) is 22.3 Å². The molecule has 0 aliphatic rings. The van der Waals surface area contributed by atoms with Crippen LogP contribution in [0.4, 0.5) is 0 Å². The molecular weight excluding hydrogens is 264 g/mol. The van der Waals surface area contributed by atoms with Crippen LogP contribution in [0.2, 0.25) is 0 Å². The van der Waals surface area contributed by atoms with Gasteiger partial charge in [-0.2, -0.15) is 0 Å². The van der Waals surface area contributed by atoms with Crippen molar-refractivity contribution >= 4 is 6.08 Å². The van der Waals surface area contributed by atoms with Gasteiger partial charge in [0, 0.05) is 0 Å². The Balaban J connectivity index is 2.14. The maximum absolute atomic E-state index is 3.76. The first-order chi connectivity index (χ1) is 10.9. The first kappa shape index (κ1) is 14.1. The van der Waals surface area contributed by atoms with Gasteiger partial charge in [0.15, 0.2) is 0 Å². The van der Waals surface area contributed by atoms with Crippen LogP contribution in [0.25, 0.3) is 28.3 Å². The molecule has 0 radical (unpaired) electrons. The molecule has 22 heavy (non-hydrogen) atoms. The van der Waals surface area contributed by atoms with Gasteiger partial charge in [-0.25, -0.2) is 0 Å². The monoisotopic (exact) mass is 282 g/mol. The highest BCUT2D eigenvalue weighted by atomic mass is 14.1. The van der Waals surface area contributed by atoms with E-state index in [1.807, 2.05) is 18.2 Å². The van der Waals surface area contributed by atoms with Crippen molar-refractivity contribution in [3.63, 3.8) is 0 Å². The Kier molecular flexibility index (Phi) is 4.31. The van der Waals surface area contributed by atoms with Crippen LogP contribution in [0, 0.1) is 0 Å². The third-order valence-electron chi connectivity index (χ3n) is 3.66. The number of rotatable bonds is 4. The Morgan fingerprint density at radius 1 is 0.636 bits per heavy atom. The van der Waals surface area contributed by atoms with E-state index >= 15 is 0 Å². The predicted molar refractivity (Wildman–Crippen MR) is 96.5 cm³/mol. The van der Waals surface area contributed by atoms with E-state index in [2.05, 4.69) is 79.4 Å². The van der Waals surface area contributed by atoms with Gasteiger partial charge in [-0.15, -0.1) is 0 Å². The molecule has 0 bridgehead atoms. The van der Waals surface area contributed by atoms with Crippen LogP contribution in [0.1, 0.15) is 5.56 Å². The van der Waals surface area contributed by atoms with Crippen LogP contribution in [-0.4, -0.2) is 0 Å². The summed E-state index contributed by atoms with van der Waals surface area (Å²) in [6, 6.07) is 27.6. The van der Waals surface area contributed by atoms with Gasteiger partial charge in [0.05, 0.1) is 0 Å². The molecule has 0 aliphatic carbocycles. The molecule has 106 valence electrons. The highest BCUT2D eigenvalue weighted by molar-refractivity contribution is 5.80. The maximum atomic E-state index is 3.76. The average Bonchev–Trinajstić information content (AvgIpc) is 2.61. The summed E-state index contributed by atoms with van der Waals surface area (Å²) in [6.45, 7) is 3.76. The summed E-state index contributed by atoms with van der Waals surface area (Å²) in [7, 11) is 0. The third-order valence-corrected chi connectivity index (χ3v) is 3.66. The Labute approximate surface area is 132 Å². The molecule has 0 heteroatoms. The van der Waals surface area contributed by atoms with Gasteiger partial charge in [0.1, 0.15) is 0 Å². The fourth-order valence-corrected chi connectivity index (χ4v) is 2.55. The van der Waals surface area contributed by atoms with Crippen LogP contribution in [0.5, 0.6) is 0 Å². The van der Waals surface area contributed by atoms with Crippen LogP contribution in [-0.2, 0) is 0 Å². The molecule has 0 atom stereocenters. The van der Waals surface area contributed by atoms with Crippen LogP contribution >= 0.6 is 0 Å². The van der Waals surface area contributed by atoms with E-state index in [9.17, 15) is 0 Å². The van der Waals surface area contributed by atoms with Crippen LogP contribution in [0.3, 0.4) is 0 Å². The summed E-state index contributed by atoms with van der Waals surface area (Å²) < 4.78 is 0. The summed E-state index contributed by atoms with van der Waals surface area (Å²) in [6.07, 6.45) is 5.88. The molecule has 0 nitrogen and oxygen atoms in total. The van der Waals surface area contributed by atoms with Crippen molar-refractivity contribution in [1.82, 2.24) is 0 Å². The lowest BCUT2D eigenvalue weighted by molar-refractivity contribution is 1.56. The summed E-state index contributed by atoms with van der Waals surface area (Å²) in [5.74, 6) is 0. The van der Waals surface area contributed by atoms with Crippen molar-refractivity contribution in [3.05, 3.63) is 103 Å². The molecule has 0 aromatic heterocycles. The Bertz CT molecular complexity index is 781. The average molecular weight is 282 g/mol. The van der Waals surface area contributed by atoms with Gasteiger partial charge in [-0.3, -0.25) is 0 Å². The van der Waals surface area contributed by atoms with Crippen molar-refractivity contribution < 1.29 is 0 Å². The topological polar surface area (TPSA) is 0 Å². The zero-order chi connectivity index (χ0) is 15.2. The summed E-state index contributed by atoms with van der Waals surface area (Å²) in [4.78, 5) is 0. The minimum atomic E-state index is 1.20. The zero-order valence-electron chi connectivity index (χ0n) is 12.4. The van der Waals surface area contributed by atoms with E-state index in [1.54, 1.807) is 6.08 Å². The summed E-state index contributed by atoms with van der Waals surface area (Å²) >= 11 is 0. The lowest BCUT2D eigenvalue weighted by Gasteiger charge is -2.10. The Hall–Kier alpha value is -2.86. The molecule has 0 saturated carbocycles. The SMILES string of the molecule is C=C/C=C/c1ccc(-c2ccccc2)cc1-c1ccccc1. The number of benzene rings is 3. The largest absolute Gasteiger partial charge is 0.0991 e. The lowest BCUT2D eigenvalue weighted by Crippen LogP contribution is -1.86. The molecule has 3 aromatic rings. The molecule has 3 aromatic carbocycles. The third kappa shape index (κ3) is 3.07. The number of hydrogen-bond acceptors (Lipinski definition) is 0. The normalized spacial score (nSPS) is 10.7. The van der Waals surface area contributed by atoms with Crippen LogP contribution < -0.4 is 0 Å². The molecule has 0 saturated heterocycles. The van der Waals surface area contributed by atoms with Gasteiger partial charge >= 0.3 is 0 Å². The van der Waals surface area contributed by atoms with Crippen LogP contribution in [0.15, 0.2) is 97.6 Å². The number of hydrogen-bond donors (Lipinski definition) is 0. The van der Waals surface area contributed by atoms with Gasteiger partial charge in [0.25, 0.3) is 0 Å². The van der Waals surface area contributed by atoms with Crippen molar-refractivity contribution in [2.75, 3.05) is 0 Å². The highest BCUT2D eigenvalue weighted by Crippen LogP contribution is 2.30. The molecule has 0 heterocycles. The molecule has 0 aliphatic heterocycles. The standard InChI is InChI=1S/C22H18/c1-2-3-10-20-15-16-21(18-11-6-4-7-12-18)17-22(20)19-13-8-5-9-14-19/h2-17H,1H2/b10-3+. The molecule has 0 fully saturated rings. The zero-order valence-corrected chi connectivity index (χ0v) is 12.4. The van der Waals surface area contributed by atoms with E-state index < -0.39 is 0 Å². The Morgan fingerprint density at radius 3 is 1.91 bits per heavy atom. The molecular formula is C22H18. The molecule has 0 unspecified atom stereocenters. The lowest BCUT2D eigenvalue weighted by atomic mass is 9.94. The predicted octanol–water partition coefficient (Wildman–Crippen LogP) is 6.22. The minimum Gasteiger partial charge on any atom is -0.0991 e. The smallest absolute Gasteiger partial charge is 0.0105 e. The second-order valence-electron chi connectivity index (χ2n) is 5.13. The van der Waals surface area contributed by atoms with E-state index in [1.165, 1.54) is 27.8 Å². The Morgan fingerprint density at radius 2 is 1.27 bits per heavy atom. The fourth-order valence-electron chi connectivity index (χ4n) is 2.55. The van der Waals surface area contributed by atoms with Crippen molar-refractivity contribution in [1.29, 1.82) is 0 Å². The summed E-state index contributed by atoms with van der Waals surface area (Å²) in [5.41, 5.74) is 6.13. The van der Waals surface area contributed by atoms with E-state index in [0.29, 0.717) is 0 Å². The molecule has 0 amide bonds. The second-order valence-corrected chi connectivity index (χ2v) is 5.13. The minimum absolute atomic E-state index is 1.20. The quantitative estimate of drug-likeness (QED) is 0.498. The van der Waals surface area contributed by atoms with Gasteiger partial charge in [0.2, 0.25) is 0 Å². The maximum Gasteiger partial charge on any atom is -0.0105 e. The first-order valence-corrected chi connectivity index (χ1v) is 7.42. The number of allylic oxidation sites excluding steroid dienone is 2. The van der Waals surface area contributed by atoms with E-state index in [4.69, 9.17) is 0 Å². The molecule has 3 rings (SSSR count). The van der Waals surface area contributed by atoms with E-state index in [-0.39, 0.29) is 0 Å². The van der Waals surface area contributed by atoms with Gasteiger partial charge in [-0.05, 0) is 33.9 Å². The van der Waals surface area contributed by atoms with Crippen molar-refractivity contribution in [2.45, 2.75) is 0 Å². The second kappa shape index (κ2) is 6.73. The first-order valence-electron chi connectivity index (χ1n) is 7.42. The van der Waals surface area contributed by atoms with E-state index in [0.717, 1.165) is 0 Å². The van der Waals surface area contributed by atoms with Gasteiger partial charge in [-0.1, -0.05) is 97.6 Å². The molecule has 0 N–H and O–H groups in total. The van der Waals surface area contributed by atoms with Gasteiger partial charge < -0.3 is 0 Å². The van der Waals surface area contributed by atoms with Crippen molar-refractivity contribution in [2.24, 2.45) is 0 Å². The molecule has 0 spiro atoms. The highest BCUT2D eigenvalue weighted by Gasteiger charge is 2.05. The fraction of sp³-hybridized carbons (Fsp3) is 0.